The molecule has 7 N–H and O–H groups in total. The van der Waals surface area contributed by atoms with Crippen molar-refractivity contribution in [2.24, 2.45) is 5.92 Å². The molecule has 162 valence electrons. The fraction of sp³-hybridized carbons (Fsp3) is 0.474. The first-order chi connectivity index (χ1) is 14.2. The Kier molecular flexibility index (Phi) is 6.60. The van der Waals surface area contributed by atoms with E-state index in [1.54, 1.807) is 0 Å². The molecule has 0 bridgehead atoms. The summed E-state index contributed by atoms with van der Waals surface area (Å²) in [5.41, 5.74) is 7.04. The van der Waals surface area contributed by atoms with Gasteiger partial charge in [0.05, 0.1) is 10.6 Å². The molecule has 3 heterocycles. The summed E-state index contributed by atoms with van der Waals surface area (Å²) in [5, 5.41) is 24.9. The second-order valence-electron chi connectivity index (χ2n) is 7.45. The van der Waals surface area contributed by atoms with Crippen molar-refractivity contribution in [1.82, 2.24) is 9.97 Å². The molecule has 0 saturated heterocycles. The van der Waals surface area contributed by atoms with E-state index in [0.717, 1.165) is 23.3 Å². The van der Waals surface area contributed by atoms with Crippen LogP contribution in [0.15, 0.2) is 10.9 Å². The number of rotatable bonds is 9. The number of carboxylic acids is 2. The summed E-state index contributed by atoms with van der Waals surface area (Å²) in [6.07, 6.45) is 2.08. The highest BCUT2D eigenvalue weighted by atomic mass is 32.1. The highest BCUT2D eigenvalue weighted by molar-refractivity contribution is 7.16. The summed E-state index contributed by atoms with van der Waals surface area (Å²) in [6.45, 7) is 2.67. The molecule has 0 aliphatic carbocycles. The zero-order valence-corrected chi connectivity index (χ0v) is 17.3. The number of nitrogens with one attached hydrogen (secondary N) is 3. The van der Waals surface area contributed by atoms with Crippen molar-refractivity contribution >= 4 is 40.0 Å². The molecule has 2 atom stereocenters. The van der Waals surface area contributed by atoms with Crippen LogP contribution in [-0.4, -0.2) is 44.7 Å². The van der Waals surface area contributed by atoms with Gasteiger partial charge in [0.1, 0.15) is 11.9 Å². The number of hydrogen-bond donors (Lipinski definition) is 6. The number of carboxylic acid groups (broad SMARTS) is 2. The van der Waals surface area contributed by atoms with E-state index in [9.17, 15) is 19.5 Å². The summed E-state index contributed by atoms with van der Waals surface area (Å²) in [6, 6.07) is 0.945. The van der Waals surface area contributed by atoms with Crippen LogP contribution in [0.3, 0.4) is 0 Å². The lowest BCUT2D eigenvalue weighted by Gasteiger charge is -2.24. The van der Waals surface area contributed by atoms with Gasteiger partial charge in [-0.3, -0.25) is 14.6 Å². The molecule has 11 heteroatoms. The number of hydrogen-bond acceptors (Lipinski definition) is 8. The second kappa shape index (κ2) is 9.16. The van der Waals surface area contributed by atoms with Gasteiger partial charge in [-0.25, -0.2) is 4.79 Å². The highest BCUT2D eigenvalue weighted by Gasteiger charge is 2.23. The van der Waals surface area contributed by atoms with E-state index in [1.165, 1.54) is 11.3 Å². The van der Waals surface area contributed by atoms with Gasteiger partial charge in [-0.15, -0.1) is 11.3 Å². The lowest BCUT2D eigenvalue weighted by molar-refractivity contribution is -0.139. The van der Waals surface area contributed by atoms with Crippen LogP contribution >= 0.6 is 11.3 Å². The van der Waals surface area contributed by atoms with E-state index in [1.807, 2.05) is 13.0 Å². The molecule has 0 spiro atoms. The minimum absolute atomic E-state index is 0.0111. The molecule has 1 aliphatic rings. The van der Waals surface area contributed by atoms with Gasteiger partial charge in [0.15, 0.2) is 0 Å². The Hall–Kier alpha value is -3.08. The average molecular weight is 436 g/mol. The lowest BCUT2D eigenvalue weighted by atomic mass is 9.92. The zero-order chi connectivity index (χ0) is 21.8. The molecule has 0 amide bonds. The minimum atomic E-state index is -1.07. The van der Waals surface area contributed by atoms with Gasteiger partial charge in [-0.2, -0.15) is 4.98 Å². The van der Waals surface area contributed by atoms with Gasteiger partial charge < -0.3 is 26.6 Å². The van der Waals surface area contributed by atoms with Crippen LogP contribution in [0, 0.1) is 12.8 Å². The molecule has 1 aliphatic heterocycles. The largest absolute Gasteiger partial charge is 0.481 e. The third kappa shape index (κ3) is 5.29. The normalized spacial score (nSPS) is 16.4. The predicted octanol–water partition coefficient (Wildman–Crippen LogP) is 1.67. The van der Waals surface area contributed by atoms with E-state index in [-0.39, 0.29) is 30.3 Å². The third-order valence-corrected chi connectivity index (χ3v) is 6.37. The molecule has 2 aromatic rings. The van der Waals surface area contributed by atoms with E-state index >= 15 is 0 Å². The molecule has 10 nitrogen and oxygen atoms in total. The van der Waals surface area contributed by atoms with Crippen molar-refractivity contribution in [3.8, 4) is 0 Å². The quantitative estimate of drug-likeness (QED) is 0.343. The zero-order valence-electron chi connectivity index (χ0n) is 16.5. The Morgan fingerprint density at radius 2 is 2.20 bits per heavy atom. The lowest BCUT2D eigenvalue weighted by Crippen LogP contribution is -2.30. The van der Waals surface area contributed by atoms with Crippen molar-refractivity contribution in [2.45, 2.75) is 45.1 Å². The molecular weight excluding hydrogens is 410 g/mol. The predicted molar refractivity (Wildman–Crippen MR) is 114 cm³/mol. The number of aryl methyl sites for hydroxylation is 2. The topological polar surface area (TPSA) is 170 Å². The first-order valence-electron chi connectivity index (χ1n) is 9.66. The molecule has 0 fully saturated rings. The molecule has 0 radical (unpaired) electrons. The van der Waals surface area contributed by atoms with Crippen molar-refractivity contribution in [3.05, 3.63) is 32.4 Å². The number of fused-ring (bicyclic) bond motifs is 1. The SMILES string of the molecule is Cc1cc(N[C@@H](CCC(=O)O)C(=O)O)sc1CC[C@@H]1CNc2nc(N)[nH]c(=O)c2C1. The van der Waals surface area contributed by atoms with Crippen LogP contribution in [0.2, 0.25) is 0 Å². The number of aliphatic carboxylic acids is 2. The molecule has 0 aromatic carbocycles. The van der Waals surface area contributed by atoms with Gasteiger partial charge in [-0.1, -0.05) is 0 Å². The van der Waals surface area contributed by atoms with Gasteiger partial charge in [0.2, 0.25) is 5.95 Å². The standard InChI is InChI=1S/C19H25N5O5S/c1-9-6-14(22-12(18(28)29)3-5-15(25)26)30-13(9)4-2-10-7-11-16(21-8-10)23-19(20)24-17(11)27/h6,10,12,22H,2-5,7-8H2,1H3,(H,25,26)(H,28,29)(H4,20,21,23,24,27)/t10-,12-/m0/s1. The Bertz CT molecular complexity index is 1000. The number of aromatic nitrogens is 2. The monoisotopic (exact) mass is 435 g/mol. The number of anilines is 3. The Morgan fingerprint density at radius 3 is 2.90 bits per heavy atom. The first kappa shape index (κ1) is 21.6. The summed E-state index contributed by atoms with van der Waals surface area (Å²) < 4.78 is 0. The maximum Gasteiger partial charge on any atom is 0.326 e. The van der Waals surface area contributed by atoms with E-state index < -0.39 is 18.0 Å². The maximum absolute atomic E-state index is 12.1. The smallest absolute Gasteiger partial charge is 0.326 e. The van der Waals surface area contributed by atoms with Crippen LogP contribution in [0.5, 0.6) is 0 Å². The molecule has 30 heavy (non-hydrogen) atoms. The first-order valence-corrected chi connectivity index (χ1v) is 10.5. The van der Waals surface area contributed by atoms with Crippen LogP contribution in [0.1, 0.15) is 35.3 Å². The van der Waals surface area contributed by atoms with Crippen LogP contribution in [-0.2, 0) is 22.4 Å². The number of carbonyl (C=O) groups is 2. The minimum Gasteiger partial charge on any atom is -0.481 e. The van der Waals surface area contributed by atoms with Crippen molar-refractivity contribution in [1.29, 1.82) is 0 Å². The number of aromatic amines is 1. The maximum atomic E-state index is 12.1. The number of H-pyrrole nitrogens is 1. The van der Waals surface area contributed by atoms with Crippen molar-refractivity contribution in [3.63, 3.8) is 0 Å². The average Bonchev–Trinajstić information content (AvgIpc) is 3.02. The molecule has 3 rings (SSSR count). The van der Waals surface area contributed by atoms with Gasteiger partial charge in [0.25, 0.3) is 5.56 Å². The summed E-state index contributed by atoms with van der Waals surface area (Å²) in [4.78, 5) is 42.0. The second-order valence-corrected chi connectivity index (χ2v) is 8.59. The number of thiophene rings is 1. The number of nitrogen functional groups attached to an aromatic ring is 1. The molecule has 0 unspecified atom stereocenters. The number of nitrogens with zero attached hydrogens (tertiary/aromatic N) is 1. The van der Waals surface area contributed by atoms with Crippen LogP contribution < -0.4 is 21.9 Å². The summed E-state index contributed by atoms with van der Waals surface area (Å²) >= 11 is 1.48. The molecular formula is C19H25N5O5S. The fourth-order valence-electron chi connectivity index (χ4n) is 3.53. The highest BCUT2D eigenvalue weighted by Crippen LogP contribution is 2.31. The molecule has 2 aromatic heterocycles. The Labute approximate surface area is 176 Å². The third-order valence-electron chi connectivity index (χ3n) is 5.15. The van der Waals surface area contributed by atoms with Crippen LogP contribution in [0.4, 0.5) is 16.8 Å². The van der Waals surface area contributed by atoms with E-state index in [0.29, 0.717) is 29.3 Å². The van der Waals surface area contributed by atoms with Gasteiger partial charge in [0, 0.05) is 17.8 Å². The van der Waals surface area contributed by atoms with Gasteiger partial charge >= 0.3 is 11.9 Å². The number of nitrogens with two attached hydrogens (primary N) is 1. The van der Waals surface area contributed by atoms with Crippen LogP contribution in [0.25, 0.3) is 0 Å². The van der Waals surface area contributed by atoms with E-state index in [4.69, 9.17) is 10.8 Å². The van der Waals surface area contributed by atoms with Crippen molar-refractivity contribution < 1.29 is 19.8 Å². The summed E-state index contributed by atoms with van der Waals surface area (Å²) in [7, 11) is 0. The van der Waals surface area contributed by atoms with Crippen molar-refractivity contribution in [2.75, 3.05) is 22.9 Å². The van der Waals surface area contributed by atoms with E-state index in [2.05, 4.69) is 20.6 Å². The van der Waals surface area contributed by atoms with Gasteiger partial charge in [-0.05, 0) is 50.2 Å². The fourth-order valence-corrected chi connectivity index (χ4v) is 4.67. The molecule has 0 saturated carbocycles. The Balaban J connectivity index is 1.60. The Morgan fingerprint density at radius 1 is 1.43 bits per heavy atom. The summed E-state index contributed by atoms with van der Waals surface area (Å²) in [5.74, 6) is -1.18.